The molecule has 0 aliphatic heterocycles. The van der Waals surface area contributed by atoms with Gasteiger partial charge in [0.2, 0.25) is 0 Å². The molecule has 5 nitrogen and oxygen atoms in total. The summed E-state index contributed by atoms with van der Waals surface area (Å²) in [6.07, 6.45) is 14.2. The molecule has 160 valence electrons. The number of rotatable bonds is 11. The zero-order valence-corrected chi connectivity index (χ0v) is 17.5. The first kappa shape index (κ1) is 23.1. The molecule has 5 atom stereocenters. The molecule has 1 unspecified atom stereocenters. The predicted molar refractivity (Wildman–Crippen MR) is 110 cm³/mol. The highest BCUT2D eigenvalue weighted by Crippen LogP contribution is 2.50. The zero-order chi connectivity index (χ0) is 20.6. The van der Waals surface area contributed by atoms with Gasteiger partial charge in [-0.25, -0.2) is 0 Å². The van der Waals surface area contributed by atoms with E-state index in [9.17, 15) is 15.0 Å². The lowest BCUT2D eigenvalue weighted by Crippen LogP contribution is -2.23. The van der Waals surface area contributed by atoms with Crippen molar-refractivity contribution >= 4 is 5.97 Å². The lowest BCUT2D eigenvalue weighted by atomic mass is 9.88. The Morgan fingerprint density at radius 2 is 2.04 bits per heavy atom. The number of unbranched alkanes of at least 4 members (excludes halogenated alkanes) is 3. The third-order valence-corrected chi connectivity index (χ3v) is 6.37. The number of hydrogen-bond donors (Lipinski definition) is 3. The molecular formula is C23H38O5. The van der Waals surface area contributed by atoms with Crippen LogP contribution in [-0.2, 0) is 9.53 Å². The van der Waals surface area contributed by atoms with Crippen LogP contribution < -0.4 is 0 Å². The van der Waals surface area contributed by atoms with E-state index in [1.807, 2.05) is 19.1 Å². The molecule has 3 N–H and O–H groups in total. The summed E-state index contributed by atoms with van der Waals surface area (Å²) in [6.45, 7) is 2.02. The number of ether oxygens (including phenoxy) is 1. The standard InChI is InChI=1S/C23H38O5/c1-23(27,11-6-3-7-13-24)12-10-19-20-15-17(14-18(20)16-21(19)25)8-4-5-9-22(26)28-2/h8,10,12,18-21,24-25,27H,3-7,9,11,13-16H2,1-2H3/t18-,19-,20+,21-,23?/m0/s1. The third-order valence-electron chi connectivity index (χ3n) is 6.37. The van der Waals surface area contributed by atoms with Gasteiger partial charge in [-0.1, -0.05) is 36.6 Å². The summed E-state index contributed by atoms with van der Waals surface area (Å²) in [4.78, 5) is 11.2. The fourth-order valence-electron chi connectivity index (χ4n) is 4.77. The zero-order valence-electron chi connectivity index (χ0n) is 17.5. The quantitative estimate of drug-likeness (QED) is 0.283. The second-order valence-electron chi connectivity index (χ2n) is 8.79. The van der Waals surface area contributed by atoms with Crippen LogP contribution in [0.25, 0.3) is 0 Å². The summed E-state index contributed by atoms with van der Waals surface area (Å²) in [5, 5.41) is 29.9. The van der Waals surface area contributed by atoms with E-state index in [1.165, 1.54) is 12.7 Å². The highest BCUT2D eigenvalue weighted by molar-refractivity contribution is 5.69. The fourth-order valence-corrected chi connectivity index (χ4v) is 4.77. The summed E-state index contributed by atoms with van der Waals surface area (Å²) in [7, 11) is 1.42. The molecule has 0 saturated heterocycles. The van der Waals surface area contributed by atoms with Crippen LogP contribution in [0.15, 0.2) is 23.8 Å². The lowest BCUT2D eigenvalue weighted by Gasteiger charge is -2.22. The van der Waals surface area contributed by atoms with Crippen molar-refractivity contribution < 1.29 is 24.9 Å². The first-order chi connectivity index (χ1) is 13.4. The molecule has 5 heteroatoms. The van der Waals surface area contributed by atoms with Gasteiger partial charge in [-0.05, 0) is 63.7 Å². The van der Waals surface area contributed by atoms with E-state index in [-0.39, 0.29) is 24.6 Å². The van der Waals surface area contributed by atoms with Crippen molar-refractivity contribution in [3.8, 4) is 0 Å². The first-order valence-corrected chi connectivity index (χ1v) is 10.8. The van der Waals surface area contributed by atoms with E-state index in [0.717, 1.165) is 51.4 Å². The molecule has 2 aliphatic carbocycles. The average Bonchev–Trinajstić information content (AvgIpc) is 3.17. The van der Waals surface area contributed by atoms with Gasteiger partial charge in [0.1, 0.15) is 0 Å². The number of hydrogen-bond acceptors (Lipinski definition) is 5. The van der Waals surface area contributed by atoms with Gasteiger partial charge in [0.15, 0.2) is 0 Å². The summed E-state index contributed by atoms with van der Waals surface area (Å²) in [6, 6.07) is 0. The molecule has 0 aromatic carbocycles. The van der Waals surface area contributed by atoms with Crippen LogP contribution in [0.5, 0.6) is 0 Å². The Bertz CT molecular complexity index is 551. The molecule has 2 saturated carbocycles. The van der Waals surface area contributed by atoms with Crippen LogP contribution in [-0.4, -0.2) is 46.7 Å². The van der Waals surface area contributed by atoms with Gasteiger partial charge in [-0.15, -0.1) is 0 Å². The largest absolute Gasteiger partial charge is 0.469 e. The van der Waals surface area contributed by atoms with E-state index >= 15 is 0 Å². The molecule has 0 aromatic rings. The second-order valence-corrected chi connectivity index (χ2v) is 8.79. The van der Waals surface area contributed by atoms with Crippen LogP contribution >= 0.6 is 0 Å². The van der Waals surface area contributed by atoms with Crippen LogP contribution in [0.1, 0.15) is 71.1 Å². The second kappa shape index (κ2) is 11.1. The minimum atomic E-state index is -0.863. The highest BCUT2D eigenvalue weighted by atomic mass is 16.5. The van der Waals surface area contributed by atoms with Crippen molar-refractivity contribution in [3.05, 3.63) is 23.8 Å². The van der Waals surface area contributed by atoms with Crippen LogP contribution in [0, 0.1) is 17.8 Å². The molecule has 0 bridgehead atoms. The Labute approximate surface area is 169 Å². The van der Waals surface area contributed by atoms with Gasteiger partial charge in [0, 0.05) is 18.9 Å². The predicted octanol–water partition coefficient (Wildman–Crippen LogP) is 3.52. The molecular weight excluding hydrogens is 356 g/mol. The third kappa shape index (κ3) is 7.02. The summed E-state index contributed by atoms with van der Waals surface area (Å²) >= 11 is 0. The number of esters is 1. The molecule has 2 rings (SSSR count). The minimum Gasteiger partial charge on any atom is -0.469 e. The minimum absolute atomic E-state index is 0.106. The number of carbonyl (C=O) groups is 1. The maximum absolute atomic E-state index is 11.2. The first-order valence-electron chi connectivity index (χ1n) is 10.8. The van der Waals surface area contributed by atoms with Crippen molar-refractivity contribution in [1.29, 1.82) is 0 Å². The number of aliphatic hydroxyl groups is 3. The summed E-state index contributed by atoms with van der Waals surface area (Å²) < 4.78 is 4.67. The highest BCUT2D eigenvalue weighted by Gasteiger charge is 2.45. The van der Waals surface area contributed by atoms with Crippen LogP contribution in [0.3, 0.4) is 0 Å². The van der Waals surface area contributed by atoms with E-state index in [4.69, 9.17) is 5.11 Å². The summed E-state index contributed by atoms with van der Waals surface area (Å²) in [5.74, 6) is 0.919. The van der Waals surface area contributed by atoms with Crippen molar-refractivity contribution in [1.82, 2.24) is 0 Å². The number of aliphatic hydroxyl groups excluding tert-OH is 2. The maximum atomic E-state index is 11.2. The maximum Gasteiger partial charge on any atom is 0.305 e. The van der Waals surface area contributed by atoms with Gasteiger partial charge in [0.05, 0.1) is 18.8 Å². The van der Waals surface area contributed by atoms with Crippen molar-refractivity contribution in [2.24, 2.45) is 17.8 Å². The Kier molecular flexibility index (Phi) is 9.19. The molecule has 2 aliphatic rings. The molecule has 28 heavy (non-hydrogen) atoms. The molecule has 0 aromatic heterocycles. The molecule has 2 fully saturated rings. The van der Waals surface area contributed by atoms with Crippen molar-refractivity contribution in [2.45, 2.75) is 82.8 Å². The van der Waals surface area contributed by atoms with Crippen molar-refractivity contribution in [2.75, 3.05) is 13.7 Å². The Morgan fingerprint density at radius 1 is 1.25 bits per heavy atom. The van der Waals surface area contributed by atoms with Gasteiger partial charge in [-0.3, -0.25) is 4.79 Å². The van der Waals surface area contributed by atoms with E-state index in [2.05, 4.69) is 10.8 Å². The fraction of sp³-hybridized carbons (Fsp3) is 0.783. The van der Waals surface area contributed by atoms with Crippen LogP contribution in [0.4, 0.5) is 0 Å². The van der Waals surface area contributed by atoms with Crippen LogP contribution in [0.2, 0.25) is 0 Å². The van der Waals surface area contributed by atoms with Gasteiger partial charge in [-0.2, -0.15) is 0 Å². The Hall–Kier alpha value is -1.17. The number of carbonyl (C=O) groups excluding carboxylic acids is 1. The number of methoxy groups -OCH3 is 1. The molecule has 0 spiro atoms. The average molecular weight is 395 g/mol. The molecule has 0 heterocycles. The Morgan fingerprint density at radius 3 is 2.75 bits per heavy atom. The topological polar surface area (TPSA) is 87.0 Å². The summed E-state index contributed by atoms with van der Waals surface area (Å²) in [5.41, 5.74) is 0.583. The van der Waals surface area contributed by atoms with E-state index in [1.54, 1.807) is 0 Å². The normalized spacial score (nSPS) is 30.7. The Balaban J connectivity index is 1.84. The number of allylic oxidation sites excluding steroid dienone is 2. The number of fused-ring (bicyclic) bond motifs is 1. The monoisotopic (exact) mass is 394 g/mol. The smallest absolute Gasteiger partial charge is 0.305 e. The van der Waals surface area contributed by atoms with Gasteiger partial charge >= 0.3 is 5.97 Å². The van der Waals surface area contributed by atoms with Gasteiger partial charge in [0.25, 0.3) is 0 Å². The molecule has 0 amide bonds. The SMILES string of the molecule is COC(=O)CCCC=C1C[C@H]2C[C@H](O)[C@@H](C=CC(C)(O)CCCCCO)[C@@H]2C1. The lowest BCUT2D eigenvalue weighted by molar-refractivity contribution is -0.140. The van der Waals surface area contributed by atoms with E-state index < -0.39 is 5.60 Å². The van der Waals surface area contributed by atoms with Gasteiger partial charge < -0.3 is 20.1 Å². The molecule has 0 radical (unpaired) electrons. The van der Waals surface area contributed by atoms with E-state index in [0.29, 0.717) is 24.7 Å². The van der Waals surface area contributed by atoms with Crippen molar-refractivity contribution in [3.63, 3.8) is 0 Å².